The highest BCUT2D eigenvalue weighted by Crippen LogP contribution is 2.10. The number of carbonyl (C=O) groups excluding carboxylic acids is 1. The molecule has 24 heavy (non-hydrogen) atoms. The van der Waals surface area contributed by atoms with Crippen LogP contribution in [0.1, 0.15) is 72.1 Å². The first-order valence-corrected chi connectivity index (χ1v) is 8.49. The van der Waals surface area contributed by atoms with Crippen LogP contribution in [0.25, 0.3) is 0 Å². The zero-order chi connectivity index (χ0) is 19.0. The molecule has 7 heteroatoms. The minimum atomic E-state index is -1.02. The summed E-state index contributed by atoms with van der Waals surface area (Å²) in [6.07, 6.45) is 3.50. The van der Waals surface area contributed by atoms with Crippen molar-refractivity contribution in [2.75, 3.05) is 13.2 Å². The van der Waals surface area contributed by atoms with Gasteiger partial charge in [0, 0.05) is 24.7 Å². The highest BCUT2D eigenvalue weighted by molar-refractivity contribution is 5.69. The van der Waals surface area contributed by atoms with Crippen molar-refractivity contribution in [2.24, 2.45) is 5.41 Å². The zero-order valence-electron chi connectivity index (χ0n) is 15.2. The first kappa shape index (κ1) is 25.1. The zero-order valence-corrected chi connectivity index (χ0v) is 15.2. The molecule has 0 fully saturated rings. The molecular weight excluding hydrogens is 316 g/mol. The number of carboxylic acids is 1. The second-order valence-electron chi connectivity index (χ2n) is 6.52. The summed E-state index contributed by atoms with van der Waals surface area (Å²) in [5.41, 5.74) is -0.306. The number of ether oxygens (including phenoxy) is 1. The van der Waals surface area contributed by atoms with Gasteiger partial charge in [-0.1, -0.05) is 33.6 Å². The lowest BCUT2D eigenvalue weighted by molar-refractivity contribution is -0.169. The smallest absolute Gasteiger partial charge is 0.308 e. The number of hydrogen-bond donors (Lipinski definition) is 4. The van der Waals surface area contributed by atoms with Crippen LogP contribution in [0.2, 0.25) is 0 Å². The van der Waals surface area contributed by atoms with Gasteiger partial charge in [-0.2, -0.15) is 0 Å². The summed E-state index contributed by atoms with van der Waals surface area (Å²) in [5, 5.41) is 34.6. The standard InChI is InChI=1S/C12H22O5.C5H12O2/c1-2-3-4-8-11(15)17-12(16)9-6-5-7-10(13)14;1-5(2,3-6)4-7/h11,15H,2-9H2,1H3,(H,13,14);6-7H,3-4H2,1-2H3. The van der Waals surface area contributed by atoms with Gasteiger partial charge >= 0.3 is 11.9 Å². The Hall–Kier alpha value is -1.18. The molecule has 0 saturated heterocycles. The maximum atomic E-state index is 11.2. The molecule has 1 unspecified atom stereocenters. The number of hydrogen-bond acceptors (Lipinski definition) is 6. The van der Waals surface area contributed by atoms with Gasteiger partial charge in [0.2, 0.25) is 6.29 Å². The molecule has 7 nitrogen and oxygen atoms in total. The molecule has 0 rings (SSSR count). The molecule has 0 aromatic rings. The van der Waals surface area contributed by atoms with Crippen LogP contribution in [0.3, 0.4) is 0 Å². The van der Waals surface area contributed by atoms with Gasteiger partial charge in [0.25, 0.3) is 0 Å². The van der Waals surface area contributed by atoms with Crippen molar-refractivity contribution in [3.63, 3.8) is 0 Å². The lowest BCUT2D eigenvalue weighted by Gasteiger charge is -2.16. The van der Waals surface area contributed by atoms with Crippen LogP contribution in [0.5, 0.6) is 0 Å². The van der Waals surface area contributed by atoms with E-state index in [2.05, 4.69) is 6.92 Å². The quantitative estimate of drug-likeness (QED) is 0.241. The van der Waals surface area contributed by atoms with E-state index in [0.717, 1.165) is 19.3 Å². The van der Waals surface area contributed by atoms with Crippen molar-refractivity contribution in [1.29, 1.82) is 0 Å². The molecule has 0 aliphatic carbocycles. The topological polar surface area (TPSA) is 124 Å². The van der Waals surface area contributed by atoms with E-state index in [1.165, 1.54) is 0 Å². The summed E-state index contributed by atoms with van der Waals surface area (Å²) < 4.78 is 4.77. The fourth-order valence-electron chi connectivity index (χ4n) is 1.43. The van der Waals surface area contributed by atoms with Crippen LogP contribution in [0.15, 0.2) is 0 Å². The number of carbonyl (C=O) groups is 2. The SMILES string of the molecule is CC(C)(CO)CO.CCCCCC(O)OC(=O)CCCCC(=O)O. The Labute approximate surface area is 144 Å². The van der Waals surface area contributed by atoms with Gasteiger partial charge in [-0.05, 0) is 19.3 Å². The molecule has 0 amide bonds. The highest BCUT2D eigenvalue weighted by Gasteiger charge is 2.13. The van der Waals surface area contributed by atoms with E-state index >= 15 is 0 Å². The first-order valence-electron chi connectivity index (χ1n) is 8.49. The largest absolute Gasteiger partial charge is 0.481 e. The molecule has 0 saturated carbocycles. The highest BCUT2D eigenvalue weighted by atomic mass is 16.6. The van der Waals surface area contributed by atoms with E-state index in [0.29, 0.717) is 19.3 Å². The van der Waals surface area contributed by atoms with Crippen molar-refractivity contribution >= 4 is 11.9 Å². The molecule has 0 aliphatic heterocycles. The van der Waals surface area contributed by atoms with Crippen LogP contribution < -0.4 is 0 Å². The van der Waals surface area contributed by atoms with Crippen molar-refractivity contribution in [1.82, 2.24) is 0 Å². The molecule has 144 valence electrons. The number of aliphatic hydroxyl groups excluding tert-OH is 3. The maximum absolute atomic E-state index is 11.2. The normalized spacial score (nSPS) is 12.1. The Morgan fingerprint density at radius 1 is 1.00 bits per heavy atom. The average molecular weight is 350 g/mol. The average Bonchev–Trinajstić information content (AvgIpc) is 2.52. The van der Waals surface area contributed by atoms with E-state index in [9.17, 15) is 14.7 Å². The Morgan fingerprint density at radius 3 is 1.96 bits per heavy atom. The predicted molar refractivity (Wildman–Crippen MR) is 90.3 cm³/mol. The number of aliphatic hydroxyl groups is 3. The third-order valence-electron chi connectivity index (χ3n) is 3.20. The molecule has 0 aromatic heterocycles. The predicted octanol–water partition coefficient (Wildman–Crippen LogP) is 2.07. The molecule has 1 atom stereocenters. The molecular formula is C17H34O7. The third-order valence-corrected chi connectivity index (χ3v) is 3.20. The van der Waals surface area contributed by atoms with Crippen LogP contribution in [0.4, 0.5) is 0 Å². The monoisotopic (exact) mass is 350 g/mol. The fourth-order valence-corrected chi connectivity index (χ4v) is 1.43. The summed E-state index contributed by atoms with van der Waals surface area (Å²) in [5.74, 6) is -1.32. The lowest BCUT2D eigenvalue weighted by Crippen LogP contribution is -2.20. The van der Waals surface area contributed by atoms with Crippen LogP contribution in [0, 0.1) is 5.41 Å². The van der Waals surface area contributed by atoms with Gasteiger partial charge in [-0.15, -0.1) is 0 Å². The van der Waals surface area contributed by atoms with Gasteiger partial charge < -0.3 is 25.2 Å². The second kappa shape index (κ2) is 15.4. The second-order valence-corrected chi connectivity index (χ2v) is 6.52. The third kappa shape index (κ3) is 18.9. The summed E-state index contributed by atoms with van der Waals surface area (Å²) in [6.45, 7) is 5.74. The molecule has 0 aromatic carbocycles. The molecule has 0 radical (unpaired) electrons. The summed E-state index contributed by atoms with van der Waals surface area (Å²) in [6, 6.07) is 0. The summed E-state index contributed by atoms with van der Waals surface area (Å²) in [7, 11) is 0. The van der Waals surface area contributed by atoms with E-state index in [-0.39, 0.29) is 31.5 Å². The van der Waals surface area contributed by atoms with Gasteiger partial charge in [0.05, 0.1) is 13.2 Å². The Morgan fingerprint density at radius 2 is 1.54 bits per heavy atom. The first-order chi connectivity index (χ1) is 11.2. The van der Waals surface area contributed by atoms with Crippen LogP contribution >= 0.6 is 0 Å². The van der Waals surface area contributed by atoms with Crippen molar-refractivity contribution in [2.45, 2.75) is 78.4 Å². The van der Waals surface area contributed by atoms with Crippen molar-refractivity contribution in [3.8, 4) is 0 Å². The van der Waals surface area contributed by atoms with Gasteiger partial charge in [-0.3, -0.25) is 9.59 Å². The van der Waals surface area contributed by atoms with Crippen LogP contribution in [-0.2, 0) is 14.3 Å². The molecule has 0 heterocycles. The lowest BCUT2D eigenvalue weighted by atomic mass is 9.97. The van der Waals surface area contributed by atoms with Gasteiger partial charge in [0.15, 0.2) is 0 Å². The van der Waals surface area contributed by atoms with E-state index in [4.69, 9.17) is 20.1 Å². The number of rotatable bonds is 12. The minimum absolute atomic E-state index is 0.0451. The molecule has 0 aliphatic rings. The van der Waals surface area contributed by atoms with E-state index in [1.807, 2.05) is 0 Å². The van der Waals surface area contributed by atoms with Crippen molar-refractivity contribution < 1.29 is 34.8 Å². The summed E-state index contributed by atoms with van der Waals surface area (Å²) >= 11 is 0. The minimum Gasteiger partial charge on any atom is -0.481 e. The Kier molecular flexibility index (Phi) is 16.0. The fraction of sp³-hybridized carbons (Fsp3) is 0.882. The van der Waals surface area contributed by atoms with E-state index in [1.54, 1.807) is 13.8 Å². The summed E-state index contributed by atoms with van der Waals surface area (Å²) in [4.78, 5) is 21.4. The van der Waals surface area contributed by atoms with Crippen LogP contribution in [-0.4, -0.2) is 51.9 Å². The number of aliphatic carboxylic acids is 1. The van der Waals surface area contributed by atoms with E-state index < -0.39 is 18.2 Å². The number of unbranched alkanes of at least 4 members (excludes halogenated alkanes) is 3. The molecule has 0 spiro atoms. The molecule has 0 bridgehead atoms. The number of esters is 1. The number of carboxylic acid groups (broad SMARTS) is 1. The van der Waals surface area contributed by atoms with Gasteiger partial charge in [-0.25, -0.2) is 0 Å². The van der Waals surface area contributed by atoms with Gasteiger partial charge in [0.1, 0.15) is 0 Å². The molecule has 4 N–H and O–H groups in total. The maximum Gasteiger partial charge on any atom is 0.308 e. The Balaban J connectivity index is 0. The Bertz CT molecular complexity index is 323. The van der Waals surface area contributed by atoms with Crippen molar-refractivity contribution in [3.05, 3.63) is 0 Å².